The SMILES string of the molecule is CS(=O)(=O)N1CC[C@@H](OCC2CC2)[C@@H]1Cc1ccccc1. The third-order valence-corrected chi connectivity index (χ3v) is 5.69. The average molecular weight is 309 g/mol. The molecular weight excluding hydrogens is 286 g/mol. The first-order valence-electron chi connectivity index (χ1n) is 7.66. The van der Waals surface area contributed by atoms with Gasteiger partial charge in [-0.1, -0.05) is 30.3 Å². The minimum Gasteiger partial charge on any atom is -0.376 e. The van der Waals surface area contributed by atoms with Crippen molar-refractivity contribution in [3.8, 4) is 0 Å². The van der Waals surface area contributed by atoms with Crippen LogP contribution < -0.4 is 0 Å². The third kappa shape index (κ3) is 3.84. The van der Waals surface area contributed by atoms with Gasteiger partial charge in [0.1, 0.15) is 0 Å². The van der Waals surface area contributed by atoms with E-state index in [1.165, 1.54) is 19.1 Å². The van der Waals surface area contributed by atoms with Gasteiger partial charge in [0.15, 0.2) is 0 Å². The largest absolute Gasteiger partial charge is 0.376 e. The molecule has 116 valence electrons. The molecular formula is C16H23NO3S. The lowest BCUT2D eigenvalue weighted by atomic mass is 10.0. The minimum absolute atomic E-state index is 0.0283. The summed E-state index contributed by atoms with van der Waals surface area (Å²) in [7, 11) is -3.17. The first-order chi connectivity index (χ1) is 10.0. The highest BCUT2D eigenvalue weighted by Gasteiger charge is 2.40. The van der Waals surface area contributed by atoms with E-state index in [-0.39, 0.29) is 12.1 Å². The summed E-state index contributed by atoms with van der Waals surface area (Å²) in [4.78, 5) is 0. The lowest BCUT2D eigenvalue weighted by Crippen LogP contribution is -2.41. The molecule has 0 aromatic heterocycles. The molecule has 2 aliphatic rings. The Bertz CT molecular complexity index is 568. The fraction of sp³-hybridized carbons (Fsp3) is 0.625. The van der Waals surface area contributed by atoms with E-state index in [0.29, 0.717) is 12.5 Å². The zero-order chi connectivity index (χ0) is 14.9. The van der Waals surface area contributed by atoms with Gasteiger partial charge in [-0.3, -0.25) is 0 Å². The molecule has 21 heavy (non-hydrogen) atoms. The minimum atomic E-state index is -3.17. The van der Waals surface area contributed by atoms with E-state index in [1.54, 1.807) is 4.31 Å². The van der Waals surface area contributed by atoms with Crippen molar-refractivity contribution >= 4 is 10.0 Å². The van der Waals surface area contributed by atoms with Crippen molar-refractivity contribution in [2.24, 2.45) is 5.92 Å². The quantitative estimate of drug-likeness (QED) is 0.808. The van der Waals surface area contributed by atoms with Crippen LogP contribution in [-0.4, -0.2) is 44.3 Å². The zero-order valence-corrected chi connectivity index (χ0v) is 13.3. The first kappa shape index (κ1) is 15.0. The molecule has 2 fully saturated rings. The van der Waals surface area contributed by atoms with Crippen LogP contribution in [0.1, 0.15) is 24.8 Å². The normalized spacial score (nSPS) is 27.1. The fourth-order valence-corrected chi connectivity index (χ4v) is 4.18. The second-order valence-electron chi connectivity index (χ2n) is 6.23. The number of hydrogen-bond acceptors (Lipinski definition) is 3. The van der Waals surface area contributed by atoms with E-state index in [2.05, 4.69) is 12.1 Å². The van der Waals surface area contributed by atoms with E-state index in [1.807, 2.05) is 18.2 Å². The molecule has 0 radical (unpaired) electrons. The Labute approximate surface area is 127 Å². The van der Waals surface area contributed by atoms with Gasteiger partial charge in [-0.15, -0.1) is 0 Å². The second-order valence-corrected chi connectivity index (χ2v) is 8.17. The predicted octanol–water partition coefficient (Wildman–Crippen LogP) is 2.06. The Morgan fingerprint density at radius 1 is 1.19 bits per heavy atom. The van der Waals surface area contributed by atoms with Crippen LogP contribution in [0.15, 0.2) is 30.3 Å². The van der Waals surface area contributed by atoms with E-state index in [4.69, 9.17) is 4.74 Å². The average Bonchev–Trinajstić information content (AvgIpc) is 3.18. The Hall–Kier alpha value is -0.910. The Kier molecular flexibility index (Phi) is 4.33. The molecule has 1 aliphatic heterocycles. The number of nitrogens with zero attached hydrogens (tertiary/aromatic N) is 1. The highest BCUT2D eigenvalue weighted by Crippen LogP contribution is 2.32. The van der Waals surface area contributed by atoms with Crippen LogP contribution in [0.2, 0.25) is 0 Å². The van der Waals surface area contributed by atoms with Gasteiger partial charge in [-0.2, -0.15) is 4.31 Å². The molecule has 1 saturated carbocycles. The molecule has 0 amide bonds. The van der Waals surface area contributed by atoms with Gasteiger partial charge in [-0.05, 0) is 37.2 Å². The van der Waals surface area contributed by atoms with Crippen molar-refractivity contribution in [1.29, 1.82) is 0 Å². The van der Waals surface area contributed by atoms with E-state index in [0.717, 1.165) is 25.0 Å². The first-order valence-corrected chi connectivity index (χ1v) is 9.51. The summed E-state index contributed by atoms with van der Waals surface area (Å²) >= 11 is 0. The van der Waals surface area contributed by atoms with Gasteiger partial charge in [0.05, 0.1) is 18.4 Å². The standard InChI is InChI=1S/C16H23NO3S/c1-21(18,19)17-10-9-16(20-12-14-7-8-14)15(17)11-13-5-3-2-4-6-13/h2-6,14-16H,7-12H2,1H3/t15-,16+/m0/s1. The van der Waals surface area contributed by atoms with Gasteiger partial charge < -0.3 is 4.74 Å². The Morgan fingerprint density at radius 3 is 2.52 bits per heavy atom. The maximum Gasteiger partial charge on any atom is 0.211 e. The summed E-state index contributed by atoms with van der Waals surface area (Å²) in [5, 5.41) is 0. The number of sulfonamides is 1. The molecule has 5 heteroatoms. The molecule has 1 aromatic carbocycles. The van der Waals surface area contributed by atoms with Crippen LogP contribution in [0, 0.1) is 5.92 Å². The van der Waals surface area contributed by atoms with Gasteiger partial charge in [0.2, 0.25) is 10.0 Å². The topological polar surface area (TPSA) is 46.6 Å². The van der Waals surface area contributed by atoms with Gasteiger partial charge in [0, 0.05) is 13.2 Å². The maximum absolute atomic E-state index is 12.0. The molecule has 0 N–H and O–H groups in total. The predicted molar refractivity (Wildman–Crippen MR) is 82.6 cm³/mol. The summed E-state index contributed by atoms with van der Waals surface area (Å²) in [6.07, 6.45) is 5.37. The van der Waals surface area contributed by atoms with Crippen LogP contribution in [0.5, 0.6) is 0 Å². The van der Waals surface area contributed by atoms with Crippen LogP contribution >= 0.6 is 0 Å². The maximum atomic E-state index is 12.0. The van der Waals surface area contributed by atoms with Gasteiger partial charge in [-0.25, -0.2) is 8.42 Å². The third-order valence-electron chi connectivity index (χ3n) is 4.39. The zero-order valence-electron chi connectivity index (χ0n) is 12.4. The summed E-state index contributed by atoms with van der Waals surface area (Å²) in [5.41, 5.74) is 1.16. The number of hydrogen-bond donors (Lipinski definition) is 0. The monoisotopic (exact) mass is 309 g/mol. The smallest absolute Gasteiger partial charge is 0.211 e. The lowest BCUT2D eigenvalue weighted by molar-refractivity contribution is 0.0306. The molecule has 1 aromatic rings. The van der Waals surface area contributed by atoms with Crippen molar-refractivity contribution < 1.29 is 13.2 Å². The summed E-state index contributed by atoms with van der Waals surface area (Å²) < 4.78 is 31.7. The summed E-state index contributed by atoms with van der Waals surface area (Å²) in [5.74, 6) is 0.703. The molecule has 3 rings (SSSR count). The van der Waals surface area contributed by atoms with E-state index in [9.17, 15) is 8.42 Å². The van der Waals surface area contributed by atoms with Crippen molar-refractivity contribution in [1.82, 2.24) is 4.31 Å². The Morgan fingerprint density at radius 2 is 1.90 bits per heavy atom. The second kappa shape index (κ2) is 6.07. The van der Waals surface area contributed by atoms with Crippen LogP contribution in [0.3, 0.4) is 0 Å². The van der Waals surface area contributed by atoms with Crippen LogP contribution in [0.25, 0.3) is 0 Å². The Balaban J connectivity index is 1.73. The number of ether oxygens (including phenoxy) is 1. The van der Waals surface area contributed by atoms with Crippen LogP contribution in [0.4, 0.5) is 0 Å². The molecule has 1 saturated heterocycles. The summed E-state index contributed by atoms with van der Waals surface area (Å²) in [6.45, 7) is 1.36. The van der Waals surface area contributed by atoms with Crippen LogP contribution in [-0.2, 0) is 21.2 Å². The number of rotatable bonds is 6. The molecule has 4 nitrogen and oxygen atoms in total. The lowest BCUT2D eigenvalue weighted by Gasteiger charge is -2.26. The fourth-order valence-electron chi connectivity index (χ4n) is 3.04. The van der Waals surface area contributed by atoms with Crippen molar-refractivity contribution in [3.63, 3.8) is 0 Å². The molecule has 0 spiro atoms. The highest BCUT2D eigenvalue weighted by molar-refractivity contribution is 7.88. The van der Waals surface area contributed by atoms with Gasteiger partial charge >= 0.3 is 0 Å². The molecule has 0 unspecified atom stereocenters. The van der Waals surface area contributed by atoms with E-state index < -0.39 is 10.0 Å². The van der Waals surface area contributed by atoms with Crippen molar-refractivity contribution in [2.75, 3.05) is 19.4 Å². The van der Waals surface area contributed by atoms with Gasteiger partial charge in [0.25, 0.3) is 0 Å². The van der Waals surface area contributed by atoms with Crippen molar-refractivity contribution in [3.05, 3.63) is 35.9 Å². The summed E-state index contributed by atoms with van der Waals surface area (Å²) in [6, 6.07) is 10.0. The molecule has 0 bridgehead atoms. The number of benzene rings is 1. The molecule has 1 aliphatic carbocycles. The van der Waals surface area contributed by atoms with Crippen molar-refractivity contribution in [2.45, 2.75) is 37.8 Å². The highest BCUT2D eigenvalue weighted by atomic mass is 32.2. The van der Waals surface area contributed by atoms with E-state index >= 15 is 0 Å². The molecule has 1 heterocycles. The molecule has 2 atom stereocenters.